The van der Waals surface area contributed by atoms with Crippen molar-refractivity contribution in [2.75, 3.05) is 0 Å². The van der Waals surface area contributed by atoms with E-state index in [2.05, 4.69) is 0 Å². The minimum atomic E-state index is -1.01. The quantitative estimate of drug-likeness (QED) is 0.490. The molecule has 2 rings (SSSR count). The Balaban J connectivity index is 2.45. The lowest BCUT2D eigenvalue weighted by atomic mass is 10.0. The number of halogens is 2. The molecule has 0 bridgehead atoms. The molecular weight excluding hydrogens is 268 g/mol. The van der Waals surface area contributed by atoms with E-state index in [-0.39, 0.29) is 16.7 Å². The van der Waals surface area contributed by atoms with Crippen molar-refractivity contribution in [1.29, 1.82) is 0 Å². The van der Waals surface area contributed by atoms with Gasteiger partial charge in [0.05, 0.1) is 4.92 Å². The Morgan fingerprint density at radius 2 is 1.60 bits per heavy atom. The van der Waals surface area contributed by atoms with E-state index in [0.717, 1.165) is 24.3 Å². The molecule has 0 aromatic heterocycles. The molecule has 0 amide bonds. The molecule has 0 saturated heterocycles. The topological polar surface area (TPSA) is 60.2 Å². The van der Waals surface area contributed by atoms with Crippen molar-refractivity contribution in [2.45, 2.75) is 6.92 Å². The van der Waals surface area contributed by atoms with Crippen LogP contribution in [0.3, 0.4) is 0 Å². The molecule has 0 unspecified atom stereocenters. The van der Waals surface area contributed by atoms with Gasteiger partial charge in [0, 0.05) is 17.2 Å². The van der Waals surface area contributed by atoms with E-state index in [9.17, 15) is 23.7 Å². The van der Waals surface area contributed by atoms with Crippen molar-refractivity contribution in [2.24, 2.45) is 0 Å². The molecule has 0 spiro atoms. The van der Waals surface area contributed by atoms with Crippen LogP contribution in [0.4, 0.5) is 14.5 Å². The molecule has 0 saturated carbocycles. The highest BCUT2D eigenvalue weighted by Crippen LogP contribution is 2.21. The van der Waals surface area contributed by atoms with Crippen molar-refractivity contribution < 1.29 is 18.5 Å². The standard InChI is InChI=1S/C14H9F2NO3/c1-8-6-9(2-4-11(8)15)14(18)10-3-5-12(16)13(7-10)17(19)20/h2-7H,1H3. The molecule has 0 aliphatic carbocycles. The zero-order chi connectivity index (χ0) is 14.9. The van der Waals surface area contributed by atoms with Gasteiger partial charge in [-0.15, -0.1) is 0 Å². The van der Waals surface area contributed by atoms with E-state index >= 15 is 0 Å². The third-order valence-electron chi connectivity index (χ3n) is 2.83. The fourth-order valence-corrected chi connectivity index (χ4v) is 1.75. The number of carbonyl (C=O) groups excluding carboxylic acids is 1. The largest absolute Gasteiger partial charge is 0.305 e. The van der Waals surface area contributed by atoms with E-state index in [0.29, 0.717) is 0 Å². The maximum absolute atomic E-state index is 13.2. The lowest BCUT2D eigenvalue weighted by Gasteiger charge is -2.04. The van der Waals surface area contributed by atoms with Crippen molar-refractivity contribution in [3.05, 3.63) is 74.8 Å². The average molecular weight is 277 g/mol. The number of rotatable bonds is 3. The molecule has 0 fully saturated rings. The molecule has 102 valence electrons. The molecule has 0 aliphatic rings. The summed E-state index contributed by atoms with van der Waals surface area (Å²) in [7, 11) is 0. The van der Waals surface area contributed by atoms with Crippen LogP contribution in [0, 0.1) is 28.7 Å². The second-order valence-corrected chi connectivity index (χ2v) is 4.22. The van der Waals surface area contributed by atoms with Gasteiger partial charge in [0.25, 0.3) is 0 Å². The summed E-state index contributed by atoms with van der Waals surface area (Å²) >= 11 is 0. The van der Waals surface area contributed by atoms with Crippen molar-refractivity contribution >= 4 is 11.5 Å². The minimum absolute atomic E-state index is 0.0240. The Bertz CT molecular complexity index is 714. The van der Waals surface area contributed by atoms with Gasteiger partial charge in [-0.2, -0.15) is 4.39 Å². The van der Waals surface area contributed by atoms with Crippen LogP contribution < -0.4 is 0 Å². The lowest BCUT2D eigenvalue weighted by Crippen LogP contribution is -2.04. The number of nitro groups is 1. The highest BCUT2D eigenvalue weighted by molar-refractivity contribution is 6.09. The Hall–Kier alpha value is -2.63. The molecule has 0 radical (unpaired) electrons. The Kier molecular flexibility index (Phi) is 3.56. The Labute approximate surface area is 112 Å². The number of aryl methyl sites for hydroxylation is 1. The predicted octanol–water partition coefficient (Wildman–Crippen LogP) is 3.41. The van der Waals surface area contributed by atoms with Gasteiger partial charge in [-0.1, -0.05) is 0 Å². The summed E-state index contributed by atoms with van der Waals surface area (Å²) < 4.78 is 26.3. The molecule has 2 aromatic carbocycles. The second kappa shape index (κ2) is 5.16. The van der Waals surface area contributed by atoms with Crippen LogP contribution in [0.25, 0.3) is 0 Å². The van der Waals surface area contributed by atoms with E-state index in [1.807, 2.05) is 0 Å². The number of carbonyl (C=O) groups is 1. The van der Waals surface area contributed by atoms with Crippen LogP contribution in [0.15, 0.2) is 36.4 Å². The Morgan fingerprint density at radius 1 is 1.05 bits per heavy atom. The maximum Gasteiger partial charge on any atom is 0.305 e. The normalized spacial score (nSPS) is 10.3. The summed E-state index contributed by atoms with van der Waals surface area (Å²) in [5.74, 6) is -2.00. The van der Waals surface area contributed by atoms with E-state index in [1.165, 1.54) is 19.1 Å². The summed E-state index contributed by atoms with van der Waals surface area (Å²) in [6, 6.07) is 6.65. The molecular formula is C14H9F2NO3. The molecule has 0 heterocycles. The zero-order valence-corrected chi connectivity index (χ0v) is 10.4. The second-order valence-electron chi connectivity index (χ2n) is 4.22. The SMILES string of the molecule is Cc1cc(C(=O)c2ccc(F)c([N+](=O)[O-])c2)ccc1F. The highest BCUT2D eigenvalue weighted by atomic mass is 19.1. The zero-order valence-electron chi connectivity index (χ0n) is 10.4. The van der Waals surface area contributed by atoms with Crippen LogP contribution in [-0.4, -0.2) is 10.7 Å². The van der Waals surface area contributed by atoms with Gasteiger partial charge >= 0.3 is 5.69 Å². The molecule has 0 aliphatic heterocycles. The molecule has 0 atom stereocenters. The fraction of sp³-hybridized carbons (Fsp3) is 0.0714. The summed E-state index contributed by atoms with van der Waals surface area (Å²) in [6.45, 7) is 1.50. The fourth-order valence-electron chi connectivity index (χ4n) is 1.75. The smallest absolute Gasteiger partial charge is 0.289 e. The Morgan fingerprint density at radius 3 is 2.15 bits per heavy atom. The summed E-state index contributed by atoms with van der Waals surface area (Å²) in [4.78, 5) is 21.9. The average Bonchev–Trinajstić information content (AvgIpc) is 2.41. The van der Waals surface area contributed by atoms with Gasteiger partial charge in [-0.3, -0.25) is 14.9 Å². The van der Waals surface area contributed by atoms with Gasteiger partial charge in [0.2, 0.25) is 5.82 Å². The summed E-state index contributed by atoms with van der Waals surface area (Å²) in [5, 5.41) is 10.6. The van der Waals surface area contributed by atoms with Crippen molar-refractivity contribution in [3.63, 3.8) is 0 Å². The van der Waals surface area contributed by atoms with Crippen LogP contribution in [0.1, 0.15) is 21.5 Å². The number of nitrogens with zero attached hydrogens (tertiary/aromatic N) is 1. The predicted molar refractivity (Wildman–Crippen MR) is 67.6 cm³/mol. The molecule has 4 nitrogen and oxygen atoms in total. The summed E-state index contributed by atoms with van der Waals surface area (Å²) in [6.07, 6.45) is 0. The number of ketones is 1. The number of benzene rings is 2. The first kappa shape index (κ1) is 13.8. The number of hydrogen-bond donors (Lipinski definition) is 0. The molecule has 20 heavy (non-hydrogen) atoms. The first-order chi connectivity index (χ1) is 9.40. The van der Waals surface area contributed by atoms with Gasteiger partial charge in [-0.05, 0) is 42.8 Å². The summed E-state index contributed by atoms with van der Waals surface area (Å²) in [5.41, 5.74) is -0.323. The molecule has 0 N–H and O–H groups in total. The van der Waals surface area contributed by atoms with E-state index in [4.69, 9.17) is 0 Å². The van der Waals surface area contributed by atoms with Gasteiger partial charge in [0.15, 0.2) is 5.78 Å². The number of nitro benzene ring substituents is 1. The van der Waals surface area contributed by atoms with Crippen molar-refractivity contribution in [1.82, 2.24) is 0 Å². The first-order valence-corrected chi connectivity index (χ1v) is 5.65. The van der Waals surface area contributed by atoms with Crippen LogP contribution in [-0.2, 0) is 0 Å². The van der Waals surface area contributed by atoms with Gasteiger partial charge in [-0.25, -0.2) is 4.39 Å². The van der Waals surface area contributed by atoms with E-state index in [1.54, 1.807) is 0 Å². The molecule has 6 heteroatoms. The molecule has 2 aromatic rings. The van der Waals surface area contributed by atoms with Crippen molar-refractivity contribution in [3.8, 4) is 0 Å². The van der Waals surface area contributed by atoms with Crippen LogP contribution >= 0.6 is 0 Å². The highest BCUT2D eigenvalue weighted by Gasteiger charge is 2.18. The first-order valence-electron chi connectivity index (χ1n) is 5.65. The van der Waals surface area contributed by atoms with E-state index < -0.39 is 28.0 Å². The third-order valence-corrected chi connectivity index (χ3v) is 2.83. The monoisotopic (exact) mass is 277 g/mol. The lowest BCUT2D eigenvalue weighted by molar-refractivity contribution is -0.387. The van der Waals surface area contributed by atoms with Crippen LogP contribution in [0.5, 0.6) is 0 Å². The van der Waals surface area contributed by atoms with Gasteiger partial charge < -0.3 is 0 Å². The van der Waals surface area contributed by atoms with Crippen LogP contribution in [0.2, 0.25) is 0 Å². The van der Waals surface area contributed by atoms with Gasteiger partial charge in [0.1, 0.15) is 5.82 Å². The maximum atomic E-state index is 13.2. The third kappa shape index (κ3) is 2.54. The minimum Gasteiger partial charge on any atom is -0.289 e. The number of hydrogen-bond acceptors (Lipinski definition) is 3.